The zero-order chi connectivity index (χ0) is 12.1. The van der Waals surface area contributed by atoms with E-state index in [2.05, 4.69) is 15.9 Å². The van der Waals surface area contributed by atoms with Crippen molar-refractivity contribution >= 4 is 5.69 Å². The Bertz CT molecular complexity index is 405. The van der Waals surface area contributed by atoms with Crippen LogP contribution in [-0.2, 0) is 0 Å². The Balaban J connectivity index is 2.03. The number of aliphatic hydroxyl groups excluding tert-OH is 1. The summed E-state index contributed by atoms with van der Waals surface area (Å²) in [5.74, 6) is 0. The SMILES string of the molecule is N#Cc1ccccc1N1CCN(CCO)CC1. The van der Waals surface area contributed by atoms with Crippen molar-refractivity contribution in [1.29, 1.82) is 5.26 Å². The third-order valence-electron chi connectivity index (χ3n) is 3.15. The van der Waals surface area contributed by atoms with E-state index in [9.17, 15) is 0 Å². The summed E-state index contributed by atoms with van der Waals surface area (Å²) in [6.07, 6.45) is 0. The first-order chi connectivity index (χ1) is 8.35. The lowest BCUT2D eigenvalue weighted by molar-refractivity contribution is 0.189. The molecule has 1 aromatic rings. The number of hydrogen-bond acceptors (Lipinski definition) is 4. The molecule has 17 heavy (non-hydrogen) atoms. The first-order valence-corrected chi connectivity index (χ1v) is 5.92. The molecule has 0 unspecified atom stereocenters. The number of nitriles is 1. The first-order valence-electron chi connectivity index (χ1n) is 5.92. The predicted octanol–water partition coefficient (Wildman–Crippen LogP) is 0.673. The Hall–Kier alpha value is -1.57. The van der Waals surface area contributed by atoms with Gasteiger partial charge in [-0.1, -0.05) is 12.1 Å². The van der Waals surface area contributed by atoms with Gasteiger partial charge in [0.25, 0.3) is 0 Å². The summed E-state index contributed by atoms with van der Waals surface area (Å²) < 4.78 is 0. The average molecular weight is 231 g/mol. The molecule has 1 fully saturated rings. The molecule has 1 aliphatic heterocycles. The van der Waals surface area contributed by atoms with Crippen LogP contribution in [0.5, 0.6) is 0 Å². The fourth-order valence-electron chi connectivity index (χ4n) is 2.20. The van der Waals surface area contributed by atoms with Crippen molar-refractivity contribution in [2.75, 3.05) is 44.2 Å². The van der Waals surface area contributed by atoms with E-state index in [4.69, 9.17) is 10.4 Å². The van der Waals surface area contributed by atoms with Gasteiger partial charge in [0.1, 0.15) is 6.07 Å². The summed E-state index contributed by atoms with van der Waals surface area (Å²) in [5, 5.41) is 18.0. The highest BCUT2D eigenvalue weighted by Gasteiger charge is 2.18. The fourth-order valence-corrected chi connectivity index (χ4v) is 2.20. The number of para-hydroxylation sites is 1. The second-order valence-corrected chi connectivity index (χ2v) is 4.18. The van der Waals surface area contributed by atoms with Crippen LogP contribution < -0.4 is 4.90 Å². The number of piperazine rings is 1. The third kappa shape index (κ3) is 2.76. The summed E-state index contributed by atoms with van der Waals surface area (Å²) in [6.45, 7) is 4.68. The number of hydrogen-bond donors (Lipinski definition) is 1. The fraction of sp³-hybridized carbons (Fsp3) is 0.462. The smallest absolute Gasteiger partial charge is 0.101 e. The van der Waals surface area contributed by atoms with Crippen molar-refractivity contribution < 1.29 is 5.11 Å². The van der Waals surface area contributed by atoms with Crippen molar-refractivity contribution in [3.8, 4) is 6.07 Å². The Labute approximate surface area is 102 Å². The van der Waals surface area contributed by atoms with Gasteiger partial charge in [0.05, 0.1) is 17.9 Å². The molecule has 1 saturated heterocycles. The molecular formula is C13H17N3O. The maximum Gasteiger partial charge on any atom is 0.101 e. The minimum atomic E-state index is 0.217. The minimum absolute atomic E-state index is 0.217. The van der Waals surface area contributed by atoms with Crippen LogP contribution in [0, 0.1) is 11.3 Å². The molecule has 0 aromatic heterocycles. The number of aliphatic hydroxyl groups is 1. The van der Waals surface area contributed by atoms with Crippen LogP contribution in [0.4, 0.5) is 5.69 Å². The van der Waals surface area contributed by atoms with Gasteiger partial charge in [-0.25, -0.2) is 0 Å². The summed E-state index contributed by atoms with van der Waals surface area (Å²) in [6, 6.07) is 9.95. The monoisotopic (exact) mass is 231 g/mol. The van der Waals surface area contributed by atoms with Crippen LogP contribution in [0.2, 0.25) is 0 Å². The van der Waals surface area contributed by atoms with E-state index < -0.39 is 0 Å². The normalized spacial score (nSPS) is 16.8. The van der Waals surface area contributed by atoms with E-state index in [-0.39, 0.29) is 6.61 Å². The van der Waals surface area contributed by atoms with Gasteiger partial charge in [0, 0.05) is 32.7 Å². The van der Waals surface area contributed by atoms with Gasteiger partial charge in [0.2, 0.25) is 0 Å². The summed E-state index contributed by atoms with van der Waals surface area (Å²) in [7, 11) is 0. The van der Waals surface area contributed by atoms with Gasteiger partial charge in [-0.05, 0) is 12.1 Å². The maximum absolute atomic E-state index is 9.07. The van der Waals surface area contributed by atoms with E-state index >= 15 is 0 Å². The zero-order valence-electron chi connectivity index (χ0n) is 9.84. The molecule has 4 heteroatoms. The van der Waals surface area contributed by atoms with E-state index in [0.717, 1.165) is 44.0 Å². The maximum atomic E-state index is 9.07. The lowest BCUT2D eigenvalue weighted by atomic mass is 10.1. The molecular weight excluding hydrogens is 214 g/mol. The molecule has 0 bridgehead atoms. The van der Waals surface area contributed by atoms with Crippen molar-refractivity contribution in [2.24, 2.45) is 0 Å². The molecule has 1 aliphatic rings. The Morgan fingerprint density at radius 1 is 1.18 bits per heavy atom. The van der Waals surface area contributed by atoms with E-state index in [1.165, 1.54) is 0 Å². The molecule has 2 rings (SSSR count). The molecule has 90 valence electrons. The van der Waals surface area contributed by atoms with Crippen molar-refractivity contribution in [3.05, 3.63) is 29.8 Å². The number of nitrogens with zero attached hydrogens (tertiary/aromatic N) is 3. The molecule has 0 aliphatic carbocycles. The van der Waals surface area contributed by atoms with Gasteiger partial charge in [-0.3, -0.25) is 4.90 Å². The molecule has 0 saturated carbocycles. The summed E-state index contributed by atoms with van der Waals surface area (Å²) in [4.78, 5) is 4.48. The molecule has 1 heterocycles. The molecule has 0 radical (unpaired) electrons. The van der Waals surface area contributed by atoms with Crippen LogP contribution >= 0.6 is 0 Å². The third-order valence-corrected chi connectivity index (χ3v) is 3.15. The minimum Gasteiger partial charge on any atom is -0.395 e. The van der Waals surface area contributed by atoms with Crippen LogP contribution in [0.15, 0.2) is 24.3 Å². The number of anilines is 1. The molecule has 1 aromatic carbocycles. The highest BCUT2D eigenvalue weighted by Crippen LogP contribution is 2.20. The topological polar surface area (TPSA) is 50.5 Å². The van der Waals surface area contributed by atoms with Crippen molar-refractivity contribution in [3.63, 3.8) is 0 Å². The van der Waals surface area contributed by atoms with Crippen LogP contribution in [0.25, 0.3) is 0 Å². The average Bonchev–Trinajstić information content (AvgIpc) is 2.40. The number of benzene rings is 1. The van der Waals surface area contributed by atoms with E-state index in [1.54, 1.807) is 0 Å². The zero-order valence-corrected chi connectivity index (χ0v) is 9.84. The number of β-amino-alcohol motifs (C(OH)–C–C–N with tert-alkyl or cyclic N) is 1. The Morgan fingerprint density at radius 3 is 2.53 bits per heavy atom. The quantitative estimate of drug-likeness (QED) is 0.831. The van der Waals surface area contributed by atoms with Crippen LogP contribution in [0.3, 0.4) is 0 Å². The molecule has 1 N–H and O–H groups in total. The van der Waals surface area contributed by atoms with E-state index in [1.807, 2.05) is 24.3 Å². The molecule has 0 spiro atoms. The molecule has 0 amide bonds. The van der Waals surface area contributed by atoms with Gasteiger partial charge in [-0.15, -0.1) is 0 Å². The Morgan fingerprint density at radius 2 is 1.88 bits per heavy atom. The highest BCUT2D eigenvalue weighted by molar-refractivity contribution is 5.59. The standard InChI is InChI=1S/C13H17N3O/c14-11-12-3-1-2-4-13(12)16-7-5-15(6-8-16)9-10-17/h1-4,17H,5-10H2. The molecule has 0 atom stereocenters. The Kier molecular flexibility index (Phi) is 3.97. The lowest BCUT2D eigenvalue weighted by Crippen LogP contribution is -2.47. The van der Waals surface area contributed by atoms with Gasteiger partial charge in [-0.2, -0.15) is 5.26 Å². The first kappa shape index (κ1) is 11.9. The number of rotatable bonds is 3. The van der Waals surface area contributed by atoms with Crippen LogP contribution in [0.1, 0.15) is 5.56 Å². The highest BCUT2D eigenvalue weighted by atomic mass is 16.3. The van der Waals surface area contributed by atoms with Crippen LogP contribution in [-0.4, -0.2) is 49.3 Å². The van der Waals surface area contributed by atoms with E-state index in [0.29, 0.717) is 0 Å². The van der Waals surface area contributed by atoms with Crippen molar-refractivity contribution in [2.45, 2.75) is 0 Å². The predicted molar refractivity (Wildman–Crippen MR) is 66.9 cm³/mol. The summed E-state index contributed by atoms with van der Waals surface area (Å²) in [5.41, 5.74) is 1.77. The van der Waals surface area contributed by atoms with Gasteiger partial charge >= 0.3 is 0 Å². The lowest BCUT2D eigenvalue weighted by Gasteiger charge is -2.36. The van der Waals surface area contributed by atoms with Gasteiger partial charge < -0.3 is 10.0 Å². The molecule has 4 nitrogen and oxygen atoms in total. The second-order valence-electron chi connectivity index (χ2n) is 4.18. The largest absolute Gasteiger partial charge is 0.395 e. The summed E-state index contributed by atoms with van der Waals surface area (Å²) >= 11 is 0. The second kappa shape index (κ2) is 5.67. The van der Waals surface area contributed by atoms with Gasteiger partial charge in [0.15, 0.2) is 0 Å². The van der Waals surface area contributed by atoms with Crippen molar-refractivity contribution in [1.82, 2.24) is 4.90 Å².